The molecule has 0 aliphatic rings. The first-order valence-corrected chi connectivity index (χ1v) is 7.81. The number of hydrogen-bond acceptors (Lipinski definition) is 5. The predicted octanol–water partition coefficient (Wildman–Crippen LogP) is 1.30. The van der Waals surface area contributed by atoms with Crippen LogP contribution >= 0.6 is 0 Å². The highest BCUT2D eigenvalue weighted by molar-refractivity contribution is 5.58. The molecule has 0 atom stereocenters. The lowest BCUT2D eigenvalue weighted by atomic mass is 10.2. The Morgan fingerprint density at radius 1 is 1.12 bits per heavy atom. The van der Waals surface area contributed by atoms with Gasteiger partial charge in [0.1, 0.15) is 0 Å². The number of fused-ring (bicyclic) bond motifs is 1. The number of rotatable bonds is 6. The van der Waals surface area contributed by atoms with E-state index < -0.39 is 6.80 Å². The molecule has 4 heterocycles. The summed E-state index contributed by atoms with van der Waals surface area (Å²) in [5.41, 5.74) is 3.91. The number of aliphatic hydroxyl groups excluding tert-OH is 1. The second-order valence-electron chi connectivity index (χ2n) is 5.60. The van der Waals surface area contributed by atoms with Crippen LogP contribution in [-0.2, 0) is 19.8 Å². The van der Waals surface area contributed by atoms with Crippen LogP contribution in [0.2, 0.25) is 0 Å². The van der Waals surface area contributed by atoms with Crippen molar-refractivity contribution < 1.29 is 9.50 Å². The highest BCUT2D eigenvalue weighted by atomic mass is 19.1. The van der Waals surface area contributed by atoms with E-state index in [1.165, 1.54) is 10.9 Å². The van der Waals surface area contributed by atoms with E-state index in [9.17, 15) is 4.39 Å². The van der Waals surface area contributed by atoms with E-state index in [1.54, 1.807) is 27.8 Å². The Hall–Kier alpha value is -3.07. The summed E-state index contributed by atoms with van der Waals surface area (Å²) >= 11 is 0. The molecule has 0 saturated carbocycles. The molecule has 0 radical (unpaired) electrons. The molecule has 4 aromatic rings. The van der Waals surface area contributed by atoms with Crippen LogP contribution in [-0.4, -0.2) is 45.6 Å². The molecule has 0 bridgehead atoms. The van der Waals surface area contributed by atoms with E-state index in [1.807, 2.05) is 18.3 Å². The monoisotopic (exact) mass is 341 g/mol. The van der Waals surface area contributed by atoms with Crippen molar-refractivity contribution >= 4 is 5.65 Å². The molecule has 4 aromatic heterocycles. The van der Waals surface area contributed by atoms with E-state index >= 15 is 0 Å². The second-order valence-corrected chi connectivity index (χ2v) is 5.60. The van der Waals surface area contributed by atoms with Gasteiger partial charge in [0, 0.05) is 30.1 Å². The molecule has 0 amide bonds. The molecule has 4 rings (SSSR count). The van der Waals surface area contributed by atoms with Gasteiger partial charge in [0.25, 0.3) is 0 Å². The van der Waals surface area contributed by atoms with Gasteiger partial charge >= 0.3 is 0 Å². The summed E-state index contributed by atoms with van der Waals surface area (Å²) in [5, 5.41) is 17.8. The van der Waals surface area contributed by atoms with Crippen molar-refractivity contribution in [3.63, 3.8) is 0 Å². The molecule has 25 heavy (non-hydrogen) atoms. The van der Waals surface area contributed by atoms with Crippen molar-refractivity contribution in [2.75, 3.05) is 6.61 Å². The van der Waals surface area contributed by atoms with Crippen molar-refractivity contribution in [1.82, 2.24) is 33.9 Å². The molecular formula is C16H16FN7O. The van der Waals surface area contributed by atoms with E-state index in [0.717, 1.165) is 22.6 Å². The summed E-state index contributed by atoms with van der Waals surface area (Å²) in [7, 11) is 0. The summed E-state index contributed by atoms with van der Waals surface area (Å²) in [5.74, 6) is 0. The normalized spacial score (nSPS) is 11.4. The number of imidazole rings is 2. The third-order valence-electron chi connectivity index (χ3n) is 3.98. The lowest BCUT2D eigenvalue weighted by molar-refractivity contribution is 0.269. The molecule has 0 saturated heterocycles. The summed E-state index contributed by atoms with van der Waals surface area (Å²) in [6.07, 6.45) is 8.86. The van der Waals surface area contributed by atoms with Gasteiger partial charge in [0.2, 0.25) is 0 Å². The maximum absolute atomic E-state index is 13.0. The third kappa shape index (κ3) is 2.89. The van der Waals surface area contributed by atoms with Gasteiger partial charge in [0.05, 0.1) is 43.3 Å². The first-order valence-electron chi connectivity index (χ1n) is 7.81. The van der Waals surface area contributed by atoms with Gasteiger partial charge in [0.15, 0.2) is 12.4 Å². The van der Waals surface area contributed by atoms with E-state index in [-0.39, 0.29) is 6.61 Å². The average molecular weight is 341 g/mol. The lowest BCUT2D eigenvalue weighted by Crippen LogP contribution is -2.04. The standard InChI is InChI=1S/C16H16FN7O/c17-10-22-11-18-7-13(22)5-14-8-19-16-2-1-15(21-24(14)16)12-6-20-23(9-12)3-4-25/h1-2,6-9,11,25H,3-5,10H2. The number of hydrogen-bond donors (Lipinski definition) is 1. The molecule has 0 fully saturated rings. The minimum atomic E-state index is -0.616. The molecule has 0 unspecified atom stereocenters. The predicted molar refractivity (Wildman–Crippen MR) is 87.4 cm³/mol. The van der Waals surface area contributed by atoms with Crippen LogP contribution in [0.25, 0.3) is 16.9 Å². The maximum Gasteiger partial charge on any atom is 0.166 e. The SMILES string of the molecule is OCCn1cc(-c2ccc3ncc(Cc4cncn4CF)n3n2)cn1. The van der Waals surface area contributed by atoms with E-state index in [2.05, 4.69) is 20.2 Å². The molecule has 0 aromatic carbocycles. The summed E-state index contributed by atoms with van der Waals surface area (Å²) in [6, 6.07) is 3.75. The molecule has 0 spiro atoms. The second kappa shape index (κ2) is 6.44. The average Bonchev–Trinajstić information content (AvgIpc) is 3.35. The van der Waals surface area contributed by atoms with Crippen molar-refractivity contribution in [2.45, 2.75) is 19.8 Å². The number of alkyl halides is 1. The molecule has 1 N–H and O–H groups in total. The van der Waals surface area contributed by atoms with Crippen LogP contribution in [0, 0.1) is 0 Å². The topological polar surface area (TPSA) is 86.1 Å². The first kappa shape index (κ1) is 15.5. The van der Waals surface area contributed by atoms with Crippen molar-refractivity contribution in [2.24, 2.45) is 0 Å². The molecule has 8 nitrogen and oxygen atoms in total. The lowest BCUT2D eigenvalue weighted by Gasteiger charge is -2.04. The number of halogens is 1. The minimum absolute atomic E-state index is 0.0293. The zero-order valence-electron chi connectivity index (χ0n) is 13.3. The van der Waals surface area contributed by atoms with E-state index in [4.69, 9.17) is 5.11 Å². The Balaban J connectivity index is 1.69. The van der Waals surface area contributed by atoms with Crippen LogP contribution < -0.4 is 0 Å². The van der Waals surface area contributed by atoms with E-state index in [0.29, 0.717) is 18.6 Å². The molecule has 128 valence electrons. The van der Waals surface area contributed by atoms with Gasteiger partial charge in [-0.2, -0.15) is 10.2 Å². The molecule has 0 aliphatic carbocycles. The zero-order valence-corrected chi connectivity index (χ0v) is 13.3. The fraction of sp³-hybridized carbons (Fsp3) is 0.250. The summed E-state index contributed by atoms with van der Waals surface area (Å²) in [6.45, 7) is -0.151. The number of aliphatic hydroxyl groups is 1. The highest BCUT2D eigenvalue weighted by Crippen LogP contribution is 2.18. The van der Waals surface area contributed by atoms with Gasteiger partial charge in [-0.25, -0.2) is 18.9 Å². The molecule has 0 aliphatic heterocycles. The highest BCUT2D eigenvalue weighted by Gasteiger charge is 2.11. The Bertz CT molecular complexity index is 1000. The van der Waals surface area contributed by atoms with Gasteiger partial charge in [-0.3, -0.25) is 4.68 Å². The van der Waals surface area contributed by atoms with Crippen LogP contribution in [0.3, 0.4) is 0 Å². The van der Waals surface area contributed by atoms with Crippen LogP contribution in [0.5, 0.6) is 0 Å². The van der Waals surface area contributed by atoms with Crippen molar-refractivity contribution in [3.05, 3.63) is 54.6 Å². The maximum atomic E-state index is 13.0. The van der Waals surface area contributed by atoms with Gasteiger partial charge in [-0.05, 0) is 12.1 Å². The Labute approximate surface area is 142 Å². The van der Waals surface area contributed by atoms with Crippen molar-refractivity contribution in [3.8, 4) is 11.3 Å². The smallest absolute Gasteiger partial charge is 0.166 e. The first-order chi connectivity index (χ1) is 12.3. The number of aromatic nitrogens is 7. The fourth-order valence-corrected chi connectivity index (χ4v) is 2.70. The van der Waals surface area contributed by atoms with Gasteiger partial charge in [-0.15, -0.1) is 0 Å². The zero-order chi connectivity index (χ0) is 17.2. The minimum Gasteiger partial charge on any atom is -0.394 e. The molecular weight excluding hydrogens is 325 g/mol. The van der Waals surface area contributed by atoms with Crippen LogP contribution in [0.4, 0.5) is 4.39 Å². The molecule has 9 heteroatoms. The van der Waals surface area contributed by atoms with Crippen LogP contribution in [0.1, 0.15) is 11.4 Å². The summed E-state index contributed by atoms with van der Waals surface area (Å²) < 4.78 is 17.8. The number of nitrogens with zero attached hydrogens (tertiary/aromatic N) is 7. The van der Waals surface area contributed by atoms with Crippen molar-refractivity contribution in [1.29, 1.82) is 0 Å². The van der Waals surface area contributed by atoms with Crippen LogP contribution in [0.15, 0.2) is 43.2 Å². The Morgan fingerprint density at radius 2 is 2.04 bits per heavy atom. The Morgan fingerprint density at radius 3 is 2.88 bits per heavy atom. The largest absolute Gasteiger partial charge is 0.394 e. The fourth-order valence-electron chi connectivity index (χ4n) is 2.70. The van der Waals surface area contributed by atoms with Gasteiger partial charge < -0.3 is 9.67 Å². The van der Waals surface area contributed by atoms with Gasteiger partial charge in [-0.1, -0.05) is 0 Å². The Kier molecular flexibility index (Phi) is 3.98. The quantitative estimate of drug-likeness (QED) is 0.571. The summed E-state index contributed by atoms with van der Waals surface area (Å²) in [4.78, 5) is 8.33. The third-order valence-corrected chi connectivity index (χ3v) is 3.98.